The average molecular weight is 281 g/mol. The number of ether oxygens (including phenoxy) is 3. The maximum absolute atomic E-state index is 12.1. The van der Waals surface area contributed by atoms with E-state index < -0.39 is 5.97 Å². The van der Waals surface area contributed by atoms with E-state index >= 15 is 0 Å². The SMILES string of the molecule is CCOc1cccc(N)c1C(=O)OCCC(C)(C)OC. The van der Waals surface area contributed by atoms with Gasteiger partial charge in [0.2, 0.25) is 0 Å². The van der Waals surface area contributed by atoms with Gasteiger partial charge in [-0.25, -0.2) is 4.79 Å². The molecule has 0 bridgehead atoms. The summed E-state index contributed by atoms with van der Waals surface area (Å²) in [6.07, 6.45) is 0.603. The van der Waals surface area contributed by atoms with Crippen molar-refractivity contribution in [1.29, 1.82) is 0 Å². The molecular formula is C15H23NO4. The van der Waals surface area contributed by atoms with Crippen LogP contribution in [0.3, 0.4) is 0 Å². The first kappa shape index (κ1) is 16.3. The molecule has 0 amide bonds. The van der Waals surface area contributed by atoms with Crippen molar-refractivity contribution in [2.45, 2.75) is 32.8 Å². The van der Waals surface area contributed by atoms with Gasteiger partial charge in [0.25, 0.3) is 0 Å². The number of esters is 1. The Morgan fingerprint density at radius 3 is 2.65 bits per heavy atom. The number of benzene rings is 1. The van der Waals surface area contributed by atoms with Crippen LogP contribution in [0.15, 0.2) is 18.2 Å². The molecule has 0 unspecified atom stereocenters. The molecule has 5 heteroatoms. The summed E-state index contributed by atoms with van der Waals surface area (Å²) in [6, 6.07) is 5.10. The van der Waals surface area contributed by atoms with E-state index in [0.29, 0.717) is 24.5 Å². The number of nitrogen functional groups attached to an aromatic ring is 1. The normalized spacial score (nSPS) is 11.2. The fourth-order valence-electron chi connectivity index (χ4n) is 1.61. The molecule has 0 fully saturated rings. The highest BCUT2D eigenvalue weighted by atomic mass is 16.5. The molecule has 20 heavy (non-hydrogen) atoms. The van der Waals surface area contributed by atoms with Gasteiger partial charge in [0.1, 0.15) is 11.3 Å². The molecule has 0 aromatic heterocycles. The van der Waals surface area contributed by atoms with Crippen molar-refractivity contribution in [3.8, 4) is 5.75 Å². The first-order valence-electron chi connectivity index (χ1n) is 6.65. The molecular weight excluding hydrogens is 258 g/mol. The van der Waals surface area contributed by atoms with Crippen LogP contribution in [0.4, 0.5) is 5.69 Å². The highest BCUT2D eigenvalue weighted by Gasteiger charge is 2.20. The highest BCUT2D eigenvalue weighted by Crippen LogP contribution is 2.25. The highest BCUT2D eigenvalue weighted by molar-refractivity contribution is 5.98. The van der Waals surface area contributed by atoms with Gasteiger partial charge in [-0.1, -0.05) is 6.07 Å². The molecule has 1 aromatic carbocycles. The predicted octanol–water partition coefficient (Wildman–Crippen LogP) is 2.64. The molecule has 0 saturated heterocycles. The Morgan fingerprint density at radius 1 is 1.35 bits per heavy atom. The molecule has 0 saturated carbocycles. The van der Waals surface area contributed by atoms with Gasteiger partial charge in [0, 0.05) is 19.2 Å². The summed E-state index contributed by atoms with van der Waals surface area (Å²) < 4.78 is 15.9. The third-order valence-electron chi connectivity index (χ3n) is 3.05. The van der Waals surface area contributed by atoms with Gasteiger partial charge >= 0.3 is 5.97 Å². The zero-order chi connectivity index (χ0) is 15.2. The van der Waals surface area contributed by atoms with Gasteiger partial charge in [0.15, 0.2) is 0 Å². The number of hydrogen-bond acceptors (Lipinski definition) is 5. The Morgan fingerprint density at radius 2 is 2.05 bits per heavy atom. The number of methoxy groups -OCH3 is 1. The van der Waals surface area contributed by atoms with Crippen molar-refractivity contribution in [2.75, 3.05) is 26.1 Å². The van der Waals surface area contributed by atoms with Gasteiger partial charge < -0.3 is 19.9 Å². The topological polar surface area (TPSA) is 70.8 Å². The third kappa shape index (κ3) is 4.42. The zero-order valence-corrected chi connectivity index (χ0v) is 12.6. The third-order valence-corrected chi connectivity index (χ3v) is 3.05. The molecule has 1 rings (SSSR count). The van der Waals surface area contributed by atoms with E-state index in [4.69, 9.17) is 19.9 Å². The van der Waals surface area contributed by atoms with Crippen LogP contribution >= 0.6 is 0 Å². The Bertz CT molecular complexity index is 457. The number of hydrogen-bond donors (Lipinski definition) is 1. The molecule has 2 N–H and O–H groups in total. The van der Waals surface area contributed by atoms with Crippen LogP contribution in [-0.4, -0.2) is 31.9 Å². The molecule has 1 aromatic rings. The first-order chi connectivity index (χ1) is 9.41. The lowest BCUT2D eigenvalue weighted by atomic mass is 10.1. The van der Waals surface area contributed by atoms with E-state index in [1.165, 1.54) is 0 Å². The fraction of sp³-hybridized carbons (Fsp3) is 0.533. The maximum Gasteiger partial charge on any atom is 0.344 e. The minimum absolute atomic E-state index is 0.263. The average Bonchev–Trinajstić information content (AvgIpc) is 2.39. The summed E-state index contributed by atoms with van der Waals surface area (Å²) in [5.41, 5.74) is 6.14. The van der Waals surface area contributed by atoms with Gasteiger partial charge in [-0.15, -0.1) is 0 Å². The second-order valence-electron chi connectivity index (χ2n) is 5.00. The van der Waals surface area contributed by atoms with Crippen molar-refractivity contribution < 1.29 is 19.0 Å². The van der Waals surface area contributed by atoms with E-state index in [-0.39, 0.29) is 17.8 Å². The van der Waals surface area contributed by atoms with Crippen LogP contribution in [0, 0.1) is 0 Å². The molecule has 0 spiro atoms. The van der Waals surface area contributed by atoms with Crippen molar-refractivity contribution in [3.63, 3.8) is 0 Å². The maximum atomic E-state index is 12.1. The summed E-state index contributed by atoms with van der Waals surface area (Å²) in [5, 5.41) is 0. The molecule has 0 aliphatic rings. The minimum atomic E-state index is -0.474. The van der Waals surface area contributed by atoms with Gasteiger partial charge in [0.05, 0.1) is 18.8 Å². The molecule has 0 aliphatic carbocycles. The van der Waals surface area contributed by atoms with Crippen molar-refractivity contribution in [2.24, 2.45) is 0 Å². The van der Waals surface area contributed by atoms with Crippen LogP contribution in [0.5, 0.6) is 5.75 Å². The number of carbonyl (C=O) groups excluding carboxylic acids is 1. The van der Waals surface area contributed by atoms with Crippen molar-refractivity contribution >= 4 is 11.7 Å². The largest absolute Gasteiger partial charge is 0.493 e. The predicted molar refractivity (Wildman–Crippen MR) is 78.0 cm³/mol. The number of anilines is 1. The van der Waals surface area contributed by atoms with E-state index in [2.05, 4.69) is 0 Å². The van der Waals surface area contributed by atoms with E-state index in [9.17, 15) is 4.79 Å². The van der Waals surface area contributed by atoms with Crippen molar-refractivity contribution in [3.05, 3.63) is 23.8 Å². The van der Waals surface area contributed by atoms with Crippen LogP contribution in [-0.2, 0) is 9.47 Å². The second kappa shape index (κ2) is 7.14. The minimum Gasteiger partial charge on any atom is -0.493 e. The van der Waals surface area contributed by atoms with Crippen LogP contribution in [0.1, 0.15) is 37.6 Å². The zero-order valence-electron chi connectivity index (χ0n) is 12.6. The molecule has 0 radical (unpaired) electrons. The van der Waals surface area contributed by atoms with Crippen LogP contribution in [0.2, 0.25) is 0 Å². The molecule has 0 atom stereocenters. The quantitative estimate of drug-likeness (QED) is 0.614. The lowest BCUT2D eigenvalue weighted by Crippen LogP contribution is -2.25. The Kier molecular flexibility index (Phi) is 5.82. The summed E-state index contributed by atoms with van der Waals surface area (Å²) in [5.74, 6) is -0.0260. The molecule has 0 aliphatic heterocycles. The second-order valence-corrected chi connectivity index (χ2v) is 5.00. The number of carbonyl (C=O) groups is 1. The summed E-state index contributed by atoms with van der Waals surface area (Å²) >= 11 is 0. The van der Waals surface area contributed by atoms with E-state index in [0.717, 1.165) is 0 Å². The lowest BCUT2D eigenvalue weighted by molar-refractivity contribution is -0.00567. The molecule has 5 nitrogen and oxygen atoms in total. The van der Waals surface area contributed by atoms with Gasteiger partial charge in [-0.2, -0.15) is 0 Å². The Labute approximate surface area is 120 Å². The fourth-order valence-corrected chi connectivity index (χ4v) is 1.61. The van der Waals surface area contributed by atoms with E-state index in [1.54, 1.807) is 25.3 Å². The van der Waals surface area contributed by atoms with Crippen LogP contribution in [0.25, 0.3) is 0 Å². The Hall–Kier alpha value is -1.75. The first-order valence-corrected chi connectivity index (χ1v) is 6.65. The molecule has 112 valence electrons. The van der Waals surface area contributed by atoms with E-state index in [1.807, 2.05) is 20.8 Å². The summed E-state index contributed by atoms with van der Waals surface area (Å²) in [6.45, 7) is 6.44. The van der Waals surface area contributed by atoms with Crippen molar-refractivity contribution in [1.82, 2.24) is 0 Å². The lowest BCUT2D eigenvalue weighted by Gasteiger charge is -2.22. The standard InChI is InChI=1S/C15H23NO4/c1-5-19-12-8-6-7-11(16)13(12)14(17)20-10-9-15(2,3)18-4/h6-8H,5,9-10,16H2,1-4H3. The number of nitrogens with two attached hydrogens (primary N) is 1. The van der Waals surface area contributed by atoms with Gasteiger partial charge in [-0.05, 0) is 32.9 Å². The summed E-state index contributed by atoms with van der Waals surface area (Å²) in [7, 11) is 1.63. The Balaban J connectivity index is 2.72. The summed E-state index contributed by atoms with van der Waals surface area (Å²) in [4.78, 5) is 12.1. The van der Waals surface area contributed by atoms with Gasteiger partial charge in [-0.3, -0.25) is 0 Å². The van der Waals surface area contributed by atoms with Crippen LogP contribution < -0.4 is 10.5 Å². The molecule has 0 heterocycles. The number of rotatable bonds is 7. The monoisotopic (exact) mass is 281 g/mol. The smallest absolute Gasteiger partial charge is 0.344 e.